The molecule has 0 saturated heterocycles. The second-order valence-corrected chi connectivity index (χ2v) is 5.61. The van der Waals surface area contributed by atoms with Gasteiger partial charge < -0.3 is 5.11 Å². The van der Waals surface area contributed by atoms with Crippen LogP contribution in [0.25, 0.3) is 16.8 Å². The van der Waals surface area contributed by atoms with E-state index in [0.29, 0.717) is 0 Å². The molecule has 0 heterocycles. The molecule has 0 fully saturated rings. The molecule has 0 amide bonds. The number of hydrogen-bond donors (Lipinski definition) is 1. The number of aryl methyl sites for hydroxylation is 2. The summed E-state index contributed by atoms with van der Waals surface area (Å²) in [6.45, 7) is 8.08. The molecule has 0 aliphatic rings. The summed E-state index contributed by atoms with van der Waals surface area (Å²) in [7, 11) is 0. The lowest BCUT2D eigenvalue weighted by Gasteiger charge is -2.15. The van der Waals surface area contributed by atoms with Gasteiger partial charge in [-0.1, -0.05) is 48.9 Å². The Morgan fingerprint density at radius 3 is 2.58 bits per heavy atom. The summed E-state index contributed by atoms with van der Waals surface area (Å²) in [5.74, 6) is 0. The molecule has 0 aromatic heterocycles. The Morgan fingerprint density at radius 2 is 1.89 bits per heavy atom. The Balaban J connectivity index is 2.42. The molecular formula is C18H22O. The average Bonchev–Trinajstić information content (AvgIpc) is 2.36. The van der Waals surface area contributed by atoms with Crippen LogP contribution in [0.4, 0.5) is 0 Å². The van der Waals surface area contributed by atoms with Crippen molar-refractivity contribution in [3.05, 3.63) is 53.1 Å². The molecule has 0 saturated carbocycles. The molecule has 2 rings (SSSR count). The largest absolute Gasteiger partial charge is 0.386 e. The van der Waals surface area contributed by atoms with Crippen molar-refractivity contribution in [2.24, 2.45) is 0 Å². The highest BCUT2D eigenvalue weighted by molar-refractivity contribution is 5.88. The van der Waals surface area contributed by atoms with E-state index in [0.717, 1.165) is 12.0 Å². The van der Waals surface area contributed by atoms with Crippen LogP contribution in [0.5, 0.6) is 0 Å². The molecule has 2 aromatic carbocycles. The van der Waals surface area contributed by atoms with Gasteiger partial charge in [0.2, 0.25) is 0 Å². The van der Waals surface area contributed by atoms with E-state index in [4.69, 9.17) is 0 Å². The van der Waals surface area contributed by atoms with E-state index in [-0.39, 0.29) is 0 Å². The summed E-state index contributed by atoms with van der Waals surface area (Å²) in [6, 6.07) is 10.8. The van der Waals surface area contributed by atoms with E-state index in [1.807, 2.05) is 26.0 Å². The van der Waals surface area contributed by atoms with Crippen LogP contribution >= 0.6 is 0 Å². The zero-order valence-corrected chi connectivity index (χ0v) is 12.2. The molecule has 100 valence electrons. The third-order valence-corrected chi connectivity index (χ3v) is 3.68. The SMILES string of the molecule is CCC(C)(O)/C=C/c1ccc2cc(C)cc(C)c2c1. The summed E-state index contributed by atoms with van der Waals surface area (Å²) < 4.78 is 0. The second-order valence-electron chi connectivity index (χ2n) is 5.61. The number of rotatable bonds is 3. The minimum atomic E-state index is -0.725. The average molecular weight is 254 g/mol. The topological polar surface area (TPSA) is 20.2 Å². The van der Waals surface area contributed by atoms with Crippen molar-refractivity contribution >= 4 is 16.8 Å². The van der Waals surface area contributed by atoms with Gasteiger partial charge in [0.05, 0.1) is 5.60 Å². The Morgan fingerprint density at radius 1 is 1.16 bits per heavy atom. The van der Waals surface area contributed by atoms with Crippen LogP contribution in [0.1, 0.15) is 37.0 Å². The van der Waals surface area contributed by atoms with Crippen molar-refractivity contribution in [3.8, 4) is 0 Å². The third kappa shape index (κ3) is 3.24. The molecule has 1 heteroatoms. The lowest BCUT2D eigenvalue weighted by Crippen LogP contribution is -2.18. The molecule has 0 spiro atoms. The fourth-order valence-electron chi connectivity index (χ4n) is 2.24. The van der Waals surface area contributed by atoms with Crippen molar-refractivity contribution in [3.63, 3.8) is 0 Å². The highest BCUT2D eigenvalue weighted by Crippen LogP contribution is 2.23. The van der Waals surface area contributed by atoms with Gasteiger partial charge >= 0.3 is 0 Å². The monoisotopic (exact) mass is 254 g/mol. The maximum atomic E-state index is 10.0. The Labute approximate surface area is 115 Å². The van der Waals surface area contributed by atoms with E-state index in [1.54, 1.807) is 0 Å². The first-order valence-electron chi connectivity index (χ1n) is 6.84. The van der Waals surface area contributed by atoms with Crippen molar-refractivity contribution in [1.82, 2.24) is 0 Å². The van der Waals surface area contributed by atoms with E-state index in [2.05, 4.69) is 44.2 Å². The molecule has 19 heavy (non-hydrogen) atoms. The predicted molar refractivity (Wildman–Crippen MR) is 83.4 cm³/mol. The quantitative estimate of drug-likeness (QED) is 0.846. The highest BCUT2D eigenvalue weighted by atomic mass is 16.3. The van der Waals surface area contributed by atoms with Gasteiger partial charge in [-0.15, -0.1) is 0 Å². The molecular weight excluding hydrogens is 232 g/mol. The lowest BCUT2D eigenvalue weighted by atomic mass is 9.98. The number of hydrogen-bond acceptors (Lipinski definition) is 1. The standard InChI is InChI=1S/C18H22O/c1-5-18(4,19)9-8-15-6-7-16-11-13(2)10-14(3)17(16)12-15/h6-12,19H,5H2,1-4H3/b9-8+. The van der Waals surface area contributed by atoms with Gasteiger partial charge in [0.15, 0.2) is 0 Å². The lowest BCUT2D eigenvalue weighted by molar-refractivity contribution is 0.108. The predicted octanol–water partition coefficient (Wildman–Crippen LogP) is 4.63. The fraction of sp³-hybridized carbons (Fsp3) is 0.333. The number of benzene rings is 2. The first-order chi connectivity index (χ1) is 8.91. The molecule has 0 bridgehead atoms. The normalized spacial score (nSPS) is 15.0. The number of aliphatic hydroxyl groups is 1. The minimum Gasteiger partial charge on any atom is -0.386 e. The maximum Gasteiger partial charge on any atom is 0.0800 e. The summed E-state index contributed by atoms with van der Waals surface area (Å²) in [6.07, 6.45) is 4.59. The summed E-state index contributed by atoms with van der Waals surface area (Å²) >= 11 is 0. The first kappa shape index (κ1) is 13.8. The molecule has 1 unspecified atom stereocenters. The van der Waals surface area contributed by atoms with Crippen LogP contribution < -0.4 is 0 Å². The Hall–Kier alpha value is -1.60. The molecule has 2 aromatic rings. The third-order valence-electron chi connectivity index (χ3n) is 3.68. The smallest absolute Gasteiger partial charge is 0.0800 e. The van der Waals surface area contributed by atoms with E-state index < -0.39 is 5.60 Å². The van der Waals surface area contributed by atoms with E-state index in [9.17, 15) is 5.11 Å². The summed E-state index contributed by atoms with van der Waals surface area (Å²) in [4.78, 5) is 0. The van der Waals surface area contributed by atoms with Crippen LogP contribution in [-0.4, -0.2) is 10.7 Å². The van der Waals surface area contributed by atoms with Gasteiger partial charge in [0.25, 0.3) is 0 Å². The molecule has 0 radical (unpaired) electrons. The molecule has 1 N–H and O–H groups in total. The van der Waals surface area contributed by atoms with Crippen LogP contribution in [0, 0.1) is 13.8 Å². The van der Waals surface area contributed by atoms with Crippen LogP contribution in [0.3, 0.4) is 0 Å². The van der Waals surface area contributed by atoms with E-state index >= 15 is 0 Å². The van der Waals surface area contributed by atoms with Gasteiger partial charge in [-0.3, -0.25) is 0 Å². The van der Waals surface area contributed by atoms with Crippen molar-refractivity contribution < 1.29 is 5.11 Å². The second kappa shape index (κ2) is 5.18. The van der Waals surface area contributed by atoms with Crippen molar-refractivity contribution in [2.75, 3.05) is 0 Å². The molecule has 0 aliphatic heterocycles. The van der Waals surface area contributed by atoms with Crippen LogP contribution in [-0.2, 0) is 0 Å². The first-order valence-corrected chi connectivity index (χ1v) is 6.84. The Bertz CT molecular complexity index is 621. The molecule has 1 nitrogen and oxygen atoms in total. The Kier molecular flexibility index (Phi) is 3.77. The van der Waals surface area contributed by atoms with Crippen LogP contribution in [0.2, 0.25) is 0 Å². The van der Waals surface area contributed by atoms with Crippen LogP contribution in [0.15, 0.2) is 36.4 Å². The van der Waals surface area contributed by atoms with Gasteiger partial charge in [0.1, 0.15) is 0 Å². The number of fused-ring (bicyclic) bond motifs is 1. The van der Waals surface area contributed by atoms with Gasteiger partial charge in [-0.25, -0.2) is 0 Å². The molecule has 1 atom stereocenters. The zero-order chi connectivity index (χ0) is 14.0. The van der Waals surface area contributed by atoms with Gasteiger partial charge in [0, 0.05) is 0 Å². The van der Waals surface area contributed by atoms with Crippen molar-refractivity contribution in [1.29, 1.82) is 0 Å². The maximum absolute atomic E-state index is 10.0. The zero-order valence-electron chi connectivity index (χ0n) is 12.2. The summed E-state index contributed by atoms with van der Waals surface area (Å²) in [5.41, 5.74) is 3.00. The molecule has 0 aliphatic carbocycles. The van der Waals surface area contributed by atoms with Gasteiger partial charge in [-0.05, 0) is 55.2 Å². The highest BCUT2D eigenvalue weighted by Gasteiger charge is 2.11. The summed E-state index contributed by atoms with van der Waals surface area (Å²) in [5, 5.41) is 12.6. The fourth-order valence-corrected chi connectivity index (χ4v) is 2.24. The van der Waals surface area contributed by atoms with E-state index in [1.165, 1.54) is 21.9 Å². The minimum absolute atomic E-state index is 0.718. The van der Waals surface area contributed by atoms with Crippen molar-refractivity contribution in [2.45, 2.75) is 39.7 Å². The van der Waals surface area contributed by atoms with Gasteiger partial charge in [-0.2, -0.15) is 0 Å².